The molecule has 1 heterocycles. The summed E-state index contributed by atoms with van der Waals surface area (Å²) in [5, 5.41) is 1.21. The number of nitrogens with one attached hydrogen (secondary N) is 1. The summed E-state index contributed by atoms with van der Waals surface area (Å²) in [6, 6.07) is 5.60. The Kier molecular flexibility index (Phi) is 5.50. The molecular weight excluding hydrogens is 335 g/mol. The summed E-state index contributed by atoms with van der Waals surface area (Å²) in [5.41, 5.74) is 0.549. The van der Waals surface area contributed by atoms with Crippen LogP contribution in [0.2, 0.25) is 0 Å². The van der Waals surface area contributed by atoms with E-state index in [0.29, 0.717) is 5.56 Å². The number of sulfone groups is 1. The van der Waals surface area contributed by atoms with Gasteiger partial charge in [0, 0.05) is 12.1 Å². The van der Waals surface area contributed by atoms with Crippen molar-refractivity contribution in [3.8, 4) is 11.5 Å². The molecule has 0 aliphatic heterocycles. The number of rotatable bonds is 7. The molecular formula is C16H17FN2O4S. The Labute approximate surface area is 139 Å². The number of hydrogen-bond acceptors (Lipinski definition) is 5. The monoisotopic (exact) mass is 352 g/mol. The maximum Gasteiger partial charge on any atom is 0.238 e. The first-order valence-electron chi connectivity index (χ1n) is 7.14. The van der Waals surface area contributed by atoms with Crippen molar-refractivity contribution in [2.45, 2.75) is 17.9 Å². The second kappa shape index (κ2) is 7.39. The minimum atomic E-state index is -3.76. The Morgan fingerprint density at radius 3 is 2.92 bits per heavy atom. The first kappa shape index (κ1) is 17.9. The zero-order valence-corrected chi connectivity index (χ0v) is 13.8. The average Bonchev–Trinajstić information content (AvgIpc) is 2.99. The molecule has 0 aliphatic carbocycles. The van der Waals surface area contributed by atoms with Crippen molar-refractivity contribution in [1.82, 2.24) is 10.3 Å². The summed E-state index contributed by atoms with van der Waals surface area (Å²) in [4.78, 5) is 15.8. The van der Waals surface area contributed by atoms with Crippen LogP contribution in [0.25, 0.3) is 11.5 Å². The van der Waals surface area contributed by atoms with Gasteiger partial charge in [-0.25, -0.2) is 17.8 Å². The van der Waals surface area contributed by atoms with Crippen LogP contribution in [-0.4, -0.2) is 31.1 Å². The van der Waals surface area contributed by atoms with Gasteiger partial charge in [0.15, 0.2) is 9.84 Å². The van der Waals surface area contributed by atoms with Gasteiger partial charge in [-0.15, -0.1) is 6.58 Å². The third-order valence-electron chi connectivity index (χ3n) is 3.30. The maximum absolute atomic E-state index is 13.2. The molecule has 0 radical (unpaired) electrons. The predicted molar refractivity (Wildman–Crippen MR) is 87.2 cm³/mol. The predicted octanol–water partition coefficient (Wildman–Crippen LogP) is 2.09. The number of aromatic nitrogens is 1. The Hall–Kier alpha value is -2.48. The fourth-order valence-electron chi connectivity index (χ4n) is 1.94. The molecule has 1 unspecified atom stereocenters. The van der Waals surface area contributed by atoms with Crippen LogP contribution in [-0.2, 0) is 20.4 Å². The van der Waals surface area contributed by atoms with E-state index in [0.717, 1.165) is 0 Å². The molecule has 0 fully saturated rings. The zero-order valence-electron chi connectivity index (χ0n) is 13.0. The molecule has 2 aromatic rings. The van der Waals surface area contributed by atoms with E-state index in [-0.39, 0.29) is 18.1 Å². The quantitative estimate of drug-likeness (QED) is 0.771. The molecule has 1 amide bonds. The van der Waals surface area contributed by atoms with Gasteiger partial charge in [-0.3, -0.25) is 4.79 Å². The largest absolute Gasteiger partial charge is 0.444 e. The van der Waals surface area contributed by atoms with Crippen LogP contribution >= 0.6 is 0 Å². The summed E-state index contributed by atoms with van der Waals surface area (Å²) < 4.78 is 43.0. The highest BCUT2D eigenvalue weighted by molar-refractivity contribution is 7.92. The molecule has 24 heavy (non-hydrogen) atoms. The van der Waals surface area contributed by atoms with Gasteiger partial charge < -0.3 is 9.73 Å². The van der Waals surface area contributed by atoms with Gasteiger partial charge in [0.1, 0.15) is 17.3 Å². The number of carbonyl (C=O) groups is 1. The van der Waals surface area contributed by atoms with Gasteiger partial charge >= 0.3 is 0 Å². The van der Waals surface area contributed by atoms with Crippen LogP contribution in [0.5, 0.6) is 0 Å². The molecule has 2 rings (SSSR count). The number of amides is 1. The lowest BCUT2D eigenvalue weighted by Gasteiger charge is -2.11. The first-order valence-corrected chi connectivity index (χ1v) is 8.85. The molecule has 8 heteroatoms. The van der Waals surface area contributed by atoms with Gasteiger partial charge in [0.2, 0.25) is 11.8 Å². The van der Waals surface area contributed by atoms with Crippen molar-refractivity contribution in [3.63, 3.8) is 0 Å². The van der Waals surface area contributed by atoms with Gasteiger partial charge in [0.05, 0.1) is 11.4 Å². The smallest absolute Gasteiger partial charge is 0.238 e. The van der Waals surface area contributed by atoms with E-state index in [1.54, 1.807) is 6.07 Å². The van der Waals surface area contributed by atoms with Gasteiger partial charge in [-0.1, -0.05) is 12.1 Å². The van der Waals surface area contributed by atoms with E-state index in [2.05, 4.69) is 16.9 Å². The van der Waals surface area contributed by atoms with Gasteiger partial charge in [-0.2, -0.15) is 0 Å². The van der Waals surface area contributed by atoms with Crippen molar-refractivity contribution in [3.05, 3.63) is 54.7 Å². The summed E-state index contributed by atoms with van der Waals surface area (Å²) in [6.45, 7) is 4.94. The lowest BCUT2D eigenvalue weighted by molar-refractivity contribution is -0.120. The fraction of sp³-hybridized carbons (Fsp3) is 0.250. The Morgan fingerprint density at radius 1 is 1.50 bits per heavy atom. The third-order valence-corrected chi connectivity index (χ3v) is 5.29. The van der Waals surface area contributed by atoms with E-state index in [1.165, 1.54) is 37.5 Å². The molecule has 0 aliphatic rings. The Bertz CT molecular complexity index is 845. The molecule has 1 aromatic heterocycles. The maximum atomic E-state index is 13.2. The van der Waals surface area contributed by atoms with Crippen molar-refractivity contribution in [2.75, 3.05) is 6.54 Å². The van der Waals surface area contributed by atoms with Crippen LogP contribution in [0.15, 0.2) is 47.6 Å². The summed E-state index contributed by atoms with van der Waals surface area (Å²) in [7, 11) is -3.76. The second-order valence-corrected chi connectivity index (χ2v) is 7.46. The van der Waals surface area contributed by atoms with Gasteiger partial charge in [-0.05, 0) is 25.1 Å². The van der Waals surface area contributed by atoms with E-state index in [9.17, 15) is 17.6 Å². The molecule has 1 N–H and O–H groups in total. The number of hydrogen-bond donors (Lipinski definition) is 1. The lowest BCUT2D eigenvalue weighted by atomic mass is 10.2. The minimum absolute atomic E-state index is 0.114. The van der Waals surface area contributed by atoms with Crippen molar-refractivity contribution < 1.29 is 22.0 Å². The Balaban J connectivity index is 2.13. The van der Waals surface area contributed by atoms with Crippen LogP contribution in [0, 0.1) is 5.82 Å². The molecule has 128 valence electrons. The molecule has 6 nitrogen and oxygen atoms in total. The Morgan fingerprint density at radius 2 is 2.25 bits per heavy atom. The standard InChI is InChI=1S/C16H17FN2O4S/c1-3-7-18-15(20)11(2)24(21,22)10-14-9-23-16(19-14)12-5-4-6-13(17)8-12/h3-6,8-9,11H,1,7,10H2,2H3,(H,18,20). The number of carbonyl (C=O) groups excluding carboxylic acids is 1. The summed E-state index contributed by atoms with van der Waals surface area (Å²) >= 11 is 0. The number of nitrogens with zero attached hydrogens (tertiary/aromatic N) is 1. The molecule has 0 bridgehead atoms. The van der Waals surface area contributed by atoms with E-state index < -0.39 is 32.6 Å². The van der Waals surface area contributed by atoms with E-state index in [1.807, 2.05) is 0 Å². The molecule has 0 saturated heterocycles. The minimum Gasteiger partial charge on any atom is -0.444 e. The highest BCUT2D eigenvalue weighted by atomic mass is 32.2. The van der Waals surface area contributed by atoms with Crippen molar-refractivity contribution in [1.29, 1.82) is 0 Å². The average molecular weight is 352 g/mol. The number of oxazole rings is 1. The SMILES string of the molecule is C=CCNC(=O)C(C)S(=O)(=O)Cc1coc(-c2cccc(F)c2)n1. The highest BCUT2D eigenvalue weighted by Crippen LogP contribution is 2.21. The van der Waals surface area contributed by atoms with E-state index in [4.69, 9.17) is 4.42 Å². The normalized spacial score (nSPS) is 12.6. The fourth-order valence-corrected chi connectivity index (χ4v) is 3.14. The summed E-state index contributed by atoms with van der Waals surface area (Å²) in [6.07, 6.45) is 2.65. The van der Waals surface area contributed by atoms with Crippen molar-refractivity contribution in [2.24, 2.45) is 0 Å². The molecule has 1 aromatic carbocycles. The van der Waals surface area contributed by atoms with Gasteiger partial charge in [0.25, 0.3) is 0 Å². The molecule has 1 atom stereocenters. The third kappa shape index (κ3) is 4.29. The highest BCUT2D eigenvalue weighted by Gasteiger charge is 2.29. The molecule has 0 saturated carbocycles. The van der Waals surface area contributed by atoms with Crippen LogP contribution in [0.1, 0.15) is 12.6 Å². The second-order valence-electron chi connectivity index (χ2n) is 5.14. The molecule has 0 spiro atoms. The zero-order chi connectivity index (χ0) is 17.7. The number of benzene rings is 1. The van der Waals surface area contributed by atoms with Crippen LogP contribution in [0.3, 0.4) is 0 Å². The summed E-state index contributed by atoms with van der Waals surface area (Å²) in [5.74, 6) is -1.39. The van der Waals surface area contributed by atoms with Crippen LogP contribution in [0.4, 0.5) is 4.39 Å². The first-order chi connectivity index (χ1) is 11.3. The van der Waals surface area contributed by atoms with Crippen LogP contribution < -0.4 is 5.32 Å². The topological polar surface area (TPSA) is 89.3 Å². The van der Waals surface area contributed by atoms with E-state index >= 15 is 0 Å². The number of halogens is 1. The lowest BCUT2D eigenvalue weighted by Crippen LogP contribution is -2.38. The van der Waals surface area contributed by atoms with Crippen molar-refractivity contribution >= 4 is 15.7 Å².